The first-order chi connectivity index (χ1) is 10.8. The summed E-state index contributed by atoms with van der Waals surface area (Å²) in [7, 11) is 0. The third kappa shape index (κ3) is 3.64. The lowest BCUT2D eigenvalue weighted by molar-refractivity contribution is 0.0922. The Bertz CT molecular complexity index is 784. The van der Waals surface area contributed by atoms with E-state index < -0.39 is 17.2 Å². The number of nitrogens with one attached hydrogen (secondary N) is 1. The molecule has 2 rings (SSSR count). The number of carbonyl (C=O) groups is 1. The van der Waals surface area contributed by atoms with Crippen LogP contribution in [-0.2, 0) is 0 Å². The van der Waals surface area contributed by atoms with Crippen LogP contribution >= 0.6 is 0 Å². The molecule has 0 fully saturated rings. The maximum atomic E-state index is 14.0. The van der Waals surface area contributed by atoms with Gasteiger partial charge < -0.3 is 5.32 Å². The van der Waals surface area contributed by atoms with Crippen molar-refractivity contribution >= 4 is 5.91 Å². The summed E-state index contributed by atoms with van der Waals surface area (Å²) < 4.78 is 15.2. The van der Waals surface area contributed by atoms with Crippen LogP contribution in [0.4, 0.5) is 4.39 Å². The maximum Gasteiger partial charge on any atom is 0.276 e. The van der Waals surface area contributed by atoms with E-state index in [0.717, 1.165) is 0 Å². The Morgan fingerprint density at radius 2 is 1.91 bits per heavy atom. The number of carbonyl (C=O) groups excluding carboxylic acids is 1. The lowest BCUT2D eigenvalue weighted by atomic mass is 10.1. The van der Waals surface area contributed by atoms with Gasteiger partial charge >= 0.3 is 0 Å². The number of aromatic nitrogens is 2. The Morgan fingerprint density at radius 1 is 1.26 bits per heavy atom. The molecule has 1 unspecified atom stereocenters. The summed E-state index contributed by atoms with van der Waals surface area (Å²) in [6.07, 6.45) is 0. The van der Waals surface area contributed by atoms with Crippen molar-refractivity contribution in [1.82, 2.24) is 15.1 Å². The zero-order valence-electron chi connectivity index (χ0n) is 13.6. The van der Waals surface area contributed by atoms with Crippen molar-refractivity contribution in [3.8, 4) is 5.69 Å². The van der Waals surface area contributed by atoms with Crippen LogP contribution in [0.1, 0.15) is 37.0 Å². The molecule has 23 heavy (non-hydrogen) atoms. The van der Waals surface area contributed by atoms with E-state index in [-0.39, 0.29) is 23.3 Å². The number of benzene rings is 1. The summed E-state index contributed by atoms with van der Waals surface area (Å²) in [5.41, 5.74) is -0.0839. The highest BCUT2D eigenvalue weighted by Gasteiger charge is 2.19. The first kappa shape index (κ1) is 16.9. The van der Waals surface area contributed by atoms with E-state index in [0.29, 0.717) is 5.69 Å². The molecular formula is C17H20FN3O2. The molecule has 0 aliphatic carbocycles. The highest BCUT2D eigenvalue weighted by atomic mass is 19.1. The minimum Gasteiger partial charge on any atom is -0.348 e. The average molecular weight is 317 g/mol. The quantitative estimate of drug-likeness (QED) is 0.942. The molecule has 2 aromatic rings. The molecular weight excluding hydrogens is 297 g/mol. The van der Waals surface area contributed by atoms with Gasteiger partial charge in [0.05, 0.1) is 0 Å². The second-order valence-corrected chi connectivity index (χ2v) is 5.87. The van der Waals surface area contributed by atoms with Crippen molar-refractivity contribution in [2.24, 2.45) is 5.92 Å². The molecule has 0 saturated heterocycles. The van der Waals surface area contributed by atoms with E-state index in [4.69, 9.17) is 0 Å². The number of para-hydroxylation sites is 1. The molecule has 1 aromatic heterocycles. The van der Waals surface area contributed by atoms with Crippen LogP contribution in [0.5, 0.6) is 0 Å². The summed E-state index contributed by atoms with van der Waals surface area (Å²) in [6, 6.07) is 7.25. The smallest absolute Gasteiger partial charge is 0.276 e. The normalized spacial score (nSPS) is 12.3. The number of nitrogens with zero attached hydrogens (tertiary/aromatic N) is 2. The Hall–Kier alpha value is -2.50. The van der Waals surface area contributed by atoms with Gasteiger partial charge in [-0.1, -0.05) is 26.0 Å². The van der Waals surface area contributed by atoms with Crippen LogP contribution in [0, 0.1) is 18.7 Å². The first-order valence-electron chi connectivity index (χ1n) is 7.48. The predicted molar refractivity (Wildman–Crippen MR) is 86.3 cm³/mol. The molecule has 1 aromatic carbocycles. The van der Waals surface area contributed by atoms with Crippen LogP contribution < -0.4 is 10.7 Å². The monoisotopic (exact) mass is 317 g/mol. The molecule has 1 atom stereocenters. The molecule has 0 bridgehead atoms. The molecule has 0 aliphatic heterocycles. The Morgan fingerprint density at radius 3 is 2.52 bits per heavy atom. The van der Waals surface area contributed by atoms with Crippen molar-refractivity contribution in [3.05, 3.63) is 57.8 Å². The van der Waals surface area contributed by atoms with Gasteiger partial charge in [-0.05, 0) is 31.9 Å². The van der Waals surface area contributed by atoms with Gasteiger partial charge in [-0.3, -0.25) is 9.59 Å². The van der Waals surface area contributed by atoms with E-state index in [1.54, 1.807) is 19.1 Å². The second kappa shape index (κ2) is 6.73. The first-order valence-corrected chi connectivity index (χ1v) is 7.48. The second-order valence-electron chi connectivity index (χ2n) is 5.87. The molecule has 1 heterocycles. The van der Waals surface area contributed by atoms with Crippen LogP contribution in [0.25, 0.3) is 5.69 Å². The van der Waals surface area contributed by atoms with Gasteiger partial charge in [0.15, 0.2) is 5.69 Å². The zero-order valence-corrected chi connectivity index (χ0v) is 13.6. The van der Waals surface area contributed by atoms with Crippen molar-refractivity contribution in [3.63, 3.8) is 0 Å². The lowest BCUT2D eigenvalue weighted by Crippen LogP contribution is -2.39. The number of halogens is 1. The molecule has 0 radical (unpaired) electrons. The number of rotatable bonds is 4. The van der Waals surface area contributed by atoms with Crippen molar-refractivity contribution in [2.75, 3.05) is 0 Å². The van der Waals surface area contributed by atoms with Gasteiger partial charge in [0.1, 0.15) is 11.5 Å². The fourth-order valence-corrected chi connectivity index (χ4v) is 2.01. The van der Waals surface area contributed by atoms with Gasteiger partial charge in [0.25, 0.3) is 5.91 Å². The molecule has 1 N–H and O–H groups in total. The summed E-state index contributed by atoms with van der Waals surface area (Å²) >= 11 is 0. The number of hydrogen-bond donors (Lipinski definition) is 1. The largest absolute Gasteiger partial charge is 0.348 e. The van der Waals surface area contributed by atoms with Gasteiger partial charge in [-0.25, -0.2) is 9.07 Å². The molecule has 122 valence electrons. The molecule has 5 nitrogen and oxygen atoms in total. The Balaban J connectivity index is 2.47. The summed E-state index contributed by atoms with van der Waals surface area (Å²) in [5.74, 6) is -0.812. The minimum atomic E-state index is -0.554. The number of hydrogen-bond acceptors (Lipinski definition) is 3. The third-order valence-corrected chi connectivity index (χ3v) is 3.76. The van der Waals surface area contributed by atoms with E-state index in [9.17, 15) is 14.0 Å². The summed E-state index contributed by atoms with van der Waals surface area (Å²) in [4.78, 5) is 24.4. The number of aryl methyl sites for hydroxylation is 1. The molecule has 0 spiro atoms. The molecule has 0 saturated carbocycles. The van der Waals surface area contributed by atoms with E-state index in [1.165, 1.54) is 22.9 Å². The third-order valence-electron chi connectivity index (χ3n) is 3.76. The van der Waals surface area contributed by atoms with Crippen LogP contribution in [0.15, 0.2) is 35.1 Å². The standard InChI is InChI=1S/C17H20FN3O2/c1-10(2)12(4)19-17(23)16-15(22)9-11(3)21(20-16)14-8-6-5-7-13(14)18/h5-10,12H,1-4H3,(H,19,23). The SMILES string of the molecule is Cc1cc(=O)c(C(=O)NC(C)C(C)C)nn1-c1ccccc1F. The molecule has 1 amide bonds. The predicted octanol–water partition coefficient (Wildman–Crippen LogP) is 2.45. The van der Waals surface area contributed by atoms with Crippen LogP contribution in [-0.4, -0.2) is 21.7 Å². The highest BCUT2D eigenvalue weighted by Crippen LogP contribution is 2.13. The van der Waals surface area contributed by atoms with Gasteiger partial charge in [0, 0.05) is 17.8 Å². The van der Waals surface area contributed by atoms with Crippen molar-refractivity contribution < 1.29 is 9.18 Å². The number of amides is 1. The van der Waals surface area contributed by atoms with Gasteiger partial charge in [-0.15, -0.1) is 0 Å². The van der Waals surface area contributed by atoms with E-state index in [1.807, 2.05) is 20.8 Å². The molecule has 0 aliphatic rings. The van der Waals surface area contributed by atoms with Crippen molar-refractivity contribution in [2.45, 2.75) is 33.7 Å². The van der Waals surface area contributed by atoms with E-state index in [2.05, 4.69) is 10.4 Å². The average Bonchev–Trinajstić information content (AvgIpc) is 2.48. The summed E-state index contributed by atoms with van der Waals surface area (Å²) in [6.45, 7) is 7.42. The minimum absolute atomic E-state index is 0.105. The van der Waals surface area contributed by atoms with E-state index >= 15 is 0 Å². The van der Waals surface area contributed by atoms with Gasteiger partial charge in [-0.2, -0.15) is 5.10 Å². The summed E-state index contributed by atoms with van der Waals surface area (Å²) in [5, 5.41) is 6.81. The Kier molecular flexibility index (Phi) is 4.93. The topological polar surface area (TPSA) is 64.0 Å². The fraction of sp³-hybridized carbons (Fsp3) is 0.353. The Labute approximate surface area is 134 Å². The van der Waals surface area contributed by atoms with Crippen LogP contribution in [0.3, 0.4) is 0 Å². The zero-order chi connectivity index (χ0) is 17.1. The van der Waals surface area contributed by atoms with Gasteiger partial charge in [0.2, 0.25) is 5.43 Å². The van der Waals surface area contributed by atoms with Crippen LogP contribution in [0.2, 0.25) is 0 Å². The maximum absolute atomic E-state index is 14.0. The fourth-order valence-electron chi connectivity index (χ4n) is 2.01. The lowest BCUT2D eigenvalue weighted by Gasteiger charge is -2.17. The molecule has 6 heteroatoms. The van der Waals surface area contributed by atoms with Crippen molar-refractivity contribution in [1.29, 1.82) is 0 Å². The highest BCUT2D eigenvalue weighted by molar-refractivity contribution is 5.92.